The Bertz CT molecular complexity index is 1140. The van der Waals surface area contributed by atoms with Gasteiger partial charge in [-0.25, -0.2) is 9.37 Å². The molecule has 8 heteroatoms. The van der Waals surface area contributed by atoms with E-state index < -0.39 is 11.9 Å². The topological polar surface area (TPSA) is 92.3 Å². The molecule has 0 bridgehead atoms. The van der Waals surface area contributed by atoms with Crippen molar-refractivity contribution in [3.05, 3.63) is 58.9 Å². The minimum atomic E-state index is -0.848. The number of amides is 2. The Hall–Kier alpha value is -3.16. The Morgan fingerprint density at radius 3 is 2.35 bits per heavy atom. The van der Waals surface area contributed by atoms with Gasteiger partial charge >= 0.3 is 0 Å². The molecule has 1 aromatic carbocycles. The van der Waals surface area contributed by atoms with E-state index in [1.54, 1.807) is 44.0 Å². The highest BCUT2D eigenvalue weighted by molar-refractivity contribution is 5.97. The zero-order chi connectivity index (χ0) is 26.6. The fraction of sp³-hybridized carbons (Fsp3) is 0.552. The molecule has 1 saturated heterocycles. The Morgan fingerprint density at radius 2 is 1.73 bits per heavy atom. The van der Waals surface area contributed by atoms with Gasteiger partial charge in [-0.3, -0.25) is 19.4 Å². The molecule has 0 unspecified atom stereocenters. The number of nitrogens with one attached hydrogen (secondary N) is 1. The van der Waals surface area contributed by atoms with Crippen LogP contribution in [0.1, 0.15) is 79.3 Å². The van der Waals surface area contributed by atoms with Crippen LogP contribution in [0.5, 0.6) is 0 Å². The zero-order valence-corrected chi connectivity index (χ0v) is 22.1. The number of ketones is 1. The van der Waals surface area contributed by atoms with Crippen LogP contribution in [0, 0.1) is 31.0 Å². The number of carbonyl (C=O) groups excluding carboxylic acids is 3. The molecule has 7 nitrogen and oxygen atoms in total. The molecule has 1 N–H and O–H groups in total. The van der Waals surface area contributed by atoms with Crippen molar-refractivity contribution in [3.8, 4) is 0 Å². The Kier molecular flexibility index (Phi) is 8.35. The van der Waals surface area contributed by atoms with Crippen molar-refractivity contribution >= 4 is 17.6 Å². The molecule has 2 aromatic rings. The smallest absolute Gasteiger partial charge is 0.272 e. The van der Waals surface area contributed by atoms with Crippen molar-refractivity contribution in [1.82, 2.24) is 20.2 Å². The first-order valence-corrected chi connectivity index (χ1v) is 13.3. The second-order valence-corrected chi connectivity index (χ2v) is 10.7. The molecule has 0 spiro atoms. The quantitative estimate of drug-likeness (QED) is 0.600. The summed E-state index contributed by atoms with van der Waals surface area (Å²) in [4.78, 5) is 50.1. The van der Waals surface area contributed by atoms with E-state index in [2.05, 4.69) is 15.3 Å². The lowest BCUT2D eigenvalue weighted by Gasteiger charge is -2.47. The van der Waals surface area contributed by atoms with E-state index in [1.807, 2.05) is 0 Å². The monoisotopic (exact) mass is 508 g/mol. The van der Waals surface area contributed by atoms with Gasteiger partial charge in [-0.15, -0.1) is 0 Å². The van der Waals surface area contributed by atoms with Gasteiger partial charge in [0.15, 0.2) is 0 Å². The minimum absolute atomic E-state index is 0.184. The summed E-state index contributed by atoms with van der Waals surface area (Å²) in [5, 5.41) is 2.88. The highest BCUT2D eigenvalue weighted by atomic mass is 19.1. The van der Waals surface area contributed by atoms with Crippen molar-refractivity contribution < 1.29 is 18.8 Å². The van der Waals surface area contributed by atoms with Crippen LogP contribution in [-0.2, 0) is 16.0 Å². The molecule has 37 heavy (non-hydrogen) atoms. The summed E-state index contributed by atoms with van der Waals surface area (Å²) in [6, 6.07) is 5.10. The Morgan fingerprint density at radius 1 is 1.08 bits per heavy atom. The van der Waals surface area contributed by atoms with Crippen LogP contribution < -0.4 is 5.32 Å². The number of benzene rings is 1. The number of halogens is 1. The molecule has 1 aliphatic carbocycles. The third-order valence-electron chi connectivity index (χ3n) is 8.30. The summed E-state index contributed by atoms with van der Waals surface area (Å²) in [6.07, 6.45) is 8.82. The third-order valence-corrected chi connectivity index (χ3v) is 8.30. The van der Waals surface area contributed by atoms with Crippen molar-refractivity contribution in [2.24, 2.45) is 11.3 Å². The number of hydrogen-bond donors (Lipinski definition) is 1. The zero-order valence-electron chi connectivity index (χ0n) is 22.1. The van der Waals surface area contributed by atoms with Crippen LogP contribution in [0.25, 0.3) is 0 Å². The van der Waals surface area contributed by atoms with Gasteiger partial charge in [0, 0.05) is 31.1 Å². The van der Waals surface area contributed by atoms with Crippen molar-refractivity contribution in [2.75, 3.05) is 13.1 Å². The first kappa shape index (κ1) is 26.9. The van der Waals surface area contributed by atoms with Gasteiger partial charge in [0.1, 0.15) is 23.3 Å². The number of nitrogens with zero attached hydrogens (tertiary/aromatic N) is 3. The van der Waals surface area contributed by atoms with Crippen LogP contribution in [0.3, 0.4) is 0 Å². The summed E-state index contributed by atoms with van der Waals surface area (Å²) in [5.41, 5.74) is 1.65. The summed E-state index contributed by atoms with van der Waals surface area (Å²) in [5.74, 6) is -0.409. The van der Waals surface area contributed by atoms with Gasteiger partial charge in [0.2, 0.25) is 5.91 Å². The summed E-state index contributed by atoms with van der Waals surface area (Å²) in [6.45, 7) is 6.12. The largest absolute Gasteiger partial charge is 0.341 e. The lowest BCUT2D eigenvalue weighted by Crippen LogP contribution is -2.55. The van der Waals surface area contributed by atoms with Crippen LogP contribution in [-0.4, -0.2) is 51.6 Å². The van der Waals surface area contributed by atoms with Crippen molar-refractivity contribution in [1.29, 1.82) is 0 Å². The molecular formula is C29H37FN4O3. The predicted octanol–water partition coefficient (Wildman–Crippen LogP) is 4.35. The first-order chi connectivity index (χ1) is 17.7. The third kappa shape index (κ3) is 6.05. The fourth-order valence-electron chi connectivity index (χ4n) is 6.08. The number of Topliss-reactive ketones (excluding diaryl/α,β-unsaturated/α-hetero) is 1. The second kappa shape index (κ2) is 11.5. The van der Waals surface area contributed by atoms with Crippen LogP contribution in [0.15, 0.2) is 30.5 Å². The van der Waals surface area contributed by atoms with Gasteiger partial charge in [0.05, 0.1) is 11.4 Å². The lowest BCUT2D eigenvalue weighted by molar-refractivity contribution is -0.143. The molecule has 2 heterocycles. The van der Waals surface area contributed by atoms with Gasteiger partial charge in [0.25, 0.3) is 5.91 Å². The number of aryl methyl sites for hydroxylation is 2. The standard InChI is InChI=1S/C29H37FN4O3/c1-19-18-31-20(2)26(32-19)27(36)33-25(17-22-9-11-24(30)12-10-22)28(37)34-15-13-29(14-16-34,21(3)35)23-7-5-4-6-8-23/h9-12,18,23,25H,4-8,13-17H2,1-3H3,(H,33,36)/t25-/m1/s1. The Labute approximate surface area is 218 Å². The molecular weight excluding hydrogens is 471 g/mol. The second-order valence-electron chi connectivity index (χ2n) is 10.7. The molecule has 1 aliphatic heterocycles. The fourth-order valence-corrected chi connectivity index (χ4v) is 6.08. The maximum atomic E-state index is 13.8. The van der Waals surface area contributed by atoms with Crippen LogP contribution in [0.4, 0.5) is 4.39 Å². The molecule has 0 radical (unpaired) electrons. The minimum Gasteiger partial charge on any atom is -0.341 e. The summed E-state index contributed by atoms with van der Waals surface area (Å²) < 4.78 is 13.5. The number of piperidine rings is 1. The van der Waals surface area contributed by atoms with E-state index in [9.17, 15) is 18.8 Å². The number of hydrogen-bond acceptors (Lipinski definition) is 5. The van der Waals surface area contributed by atoms with E-state index >= 15 is 0 Å². The molecule has 2 aliphatic rings. The maximum absolute atomic E-state index is 13.8. The highest BCUT2D eigenvalue weighted by Crippen LogP contribution is 2.46. The van der Waals surface area contributed by atoms with Crippen molar-refractivity contribution in [3.63, 3.8) is 0 Å². The van der Waals surface area contributed by atoms with Gasteiger partial charge < -0.3 is 10.2 Å². The number of aromatic nitrogens is 2. The maximum Gasteiger partial charge on any atom is 0.272 e. The molecule has 2 amide bonds. The van der Waals surface area contributed by atoms with Gasteiger partial charge in [-0.1, -0.05) is 31.4 Å². The van der Waals surface area contributed by atoms with E-state index in [-0.39, 0.29) is 35.0 Å². The van der Waals surface area contributed by atoms with E-state index in [0.29, 0.717) is 43.2 Å². The van der Waals surface area contributed by atoms with Gasteiger partial charge in [-0.05, 0) is 70.1 Å². The molecule has 198 valence electrons. The average Bonchev–Trinajstić information content (AvgIpc) is 2.91. The van der Waals surface area contributed by atoms with Gasteiger partial charge in [-0.2, -0.15) is 0 Å². The lowest BCUT2D eigenvalue weighted by atomic mass is 9.62. The first-order valence-electron chi connectivity index (χ1n) is 13.3. The van der Waals surface area contributed by atoms with E-state index in [4.69, 9.17) is 0 Å². The van der Waals surface area contributed by atoms with Crippen LogP contribution in [0.2, 0.25) is 0 Å². The normalized spacial score (nSPS) is 18.8. The SMILES string of the molecule is CC(=O)C1(C2CCCCC2)CCN(C(=O)[C@@H](Cc2ccc(F)cc2)NC(=O)c2nc(C)cnc2C)CC1. The summed E-state index contributed by atoms with van der Waals surface area (Å²) >= 11 is 0. The number of carbonyl (C=O) groups is 3. The summed E-state index contributed by atoms with van der Waals surface area (Å²) in [7, 11) is 0. The Balaban J connectivity index is 1.52. The molecule has 2 fully saturated rings. The average molecular weight is 509 g/mol. The molecule has 1 saturated carbocycles. The molecule has 4 rings (SSSR count). The van der Waals surface area contributed by atoms with Crippen LogP contribution >= 0.6 is 0 Å². The number of likely N-dealkylation sites (tertiary alicyclic amines) is 1. The predicted molar refractivity (Wildman–Crippen MR) is 138 cm³/mol. The number of rotatable bonds is 7. The van der Waals surface area contributed by atoms with Crippen molar-refractivity contribution in [2.45, 2.75) is 78.2 Å². The molecule has 1 atom stereocenters. The molecule has 1 aromatic heterocycles. The highest BCUT2D eigenvalue weighted by Gasteiger charge is 2.46. The van der Waals surface area contributed by atoms with E-state index in [1.165, 1.54) is 18.6 Å². The van der Waals surface area contributed by atoms with E-state index in [0.717, 1.165) is 31.2 Å².